The van der Waals surface area contributed by atoms with Gasteiger partial charge in [-0.1, -0.05) is 19.1 Å². The summed E-state index contributed by atoms with van der Waals surface area (Å²) in [6.45, 7) is 7.96. The smallest absolute Gasteiger partial charge is 0.254 e. The number of nitrogens with zero attached hydrogens (tertiary/aromatic N) is 5. The van der Waals surface area contributed by atoms with Crippen LogP contribution in [-0.4, -0.2) is 62.6 Å². The van der Waals surface area contributed by atoms with Crippen molar-refractivity contribution in [3.63, 3.8) is 0 Å². The number of rotatable bonds is 3. The molecule has 0 spiro atoms. The molecule has 0 radical (unpaired) electrons. The van der Waals surface area contributed by atoms with E-state index < -0.39 is 0 Å². The number of carbonyl (C=O) groups excluding carboxylic acids is 2. The molecule has 7 nitrogen and oxygen atoms in total. The highest BCUT2D eigenvalue weighted by Gasteiger charge is 2.27. The van der Waals surface area contributed by atoms with Gasteiger partial charge in [0.1, 0.15) is 0 Å². The SMILES string of the molecule is CCc1ccc(C(=O)N2CCN(C(=O)c3cc(C)nc4c3c(C)nn4C)CC2)cc1. The molecule has 1 aliphatic heterocycles. The summed E-state index contributed by atoms with van der Waals surface area (Å²) in [4.78, 5) is 34.3. The molecule has 0 atom stereocenters. The van der Waals surface area contributed by atoms with Crippen molar-refractivity contribution in [2.24, 2.45) is 7.05 Å². The third-order valence-corrected chi connectivity index (χ3v) is 5.79. The van der Waals surface area contributed by atoms with Crippen LogP contribution < -0.4 is 0 Å². The molecule has 1 aromatic carbocycles. The zero-order chi connectivity index (χ0) is 21.4. The van der Waals surface area contributed by atoms with E-state index in [0.717, 1.165) is 28.8 Å². The van der Waals surface area contributed by atoms with Crippen LogP contribution in [0, 0.1) is 13.8 Å². The first-order chi connectivity index (χ1) is 14.4. The third-order valence-electron chi connectivity index (χ3n) is 5.79. The van der Waals surface area contributed by atoms with Gasteiger partial charge in [0.15, 0.2) is 5.65 Å². The summed E-state index contributed by atoms with van der Waals surface area (Å²) in [6.07, 6.45) is 0.952. The van der Waals surface area contributed by atoms with Crippen LogP contribution in [0.15, 0.2) is 30.3 Å². The summed E-state index contributed by atoms with van der Waals surface area (Å²) in [7, 11) is 1.84. The van der Waals surface area contributed by atoms with E-state index in [1.54, 1.807) is 4.68 Å². The highest BCUT2D eigenvalue weighted by Crippen LogP contribution is 2.23. The van der Waals surface area contributed by atoms with Gasteiger partial charge in [0.2, 0.25) is 0 Å². The molecule has 4 rings (SSSR count). The minimum atomic E-state index is -0.0269. The quantitative estimate of drug-likeness (QED) is 0.672. The van der Waals surface area contributed by atoms with Crippen LogP contribution in [0.25, 0.3) is 11.0 Å². The van der Waals surface area contributed by atoms with Crippen molar-refractivity contribution in [1.82, 2.24) is 24.6 Å². The average Bonchev–Trinajstić information content (AvgIpc) is 3.05. The topological polar surface area (TPSA) is 71.3 Å². The molecular weight excluding hydrogens is 378 g/mol. The Hall–Kier alpha value is -3.22. The first kappa shape index (κ1) is 20.1. The van der Waals surface area contributed by atoms with Crippen molar-refractivity contribution in [2.45, 2.75) is 27.2 Å². The van der Waals surface area contributed by atoms with Gasteiger partial charge in [-0.05, 0) is 44.0 Å². The fourth-order valence-corrected chi connectivity index (χ4v) is 4.09. The van der Waals surface area contributed by atoms with E-state index in [0.29, 0.717) is 37.3 Å². The Kier molecular flexibility index (Phi) is 5.28. The number of amides is 2. The van der Waals surface area contributed by atoms with Crippen LogP contribution in [0.5, 0.6) is 0 Å². The Morgan fingerprint density at radius 2 is 1.57 bits per heavy atom. The minimum Gasteiger partial charge on any atom is -0.335 e. The molecule has 2 amide bonds. The van der Waals surface area contributed by atoms with Gasteiger partial charge < -0.3 is 9.80 Å². The Morgan fingerprint density at radius 1 is 0.967 bits per heavy atom. The summed E-state index contributed by atoms with van der Waals surface area (Å²) in [5.74, 6) is -0.00370. The second kappa shape index (κ2) is 7.89. The molecule has 0 aliphatic carbocycles. The van der Waals surface area contributed by atoms with Gasteiger partial charge in [-0.15, -0.1) is 0 Å². The first-order valence-electron chi connectivity index (χ1n) is 10.4. The molecule has 3 heterocycles. The fourth-order valence-electron chi connectivity index (χ4n) is 4.09. The van der Waals surface area contributed by atoms with Gasteiger partial charge in [-0.3, -0.25) is 14.3 Å². The average molecular weight is 406 g/mol. The lowest BCUT2D eigenvalue weighted by molar-refractivity contribution is 0.0536. The molecular formula is C23H27N5O2. The zero-order valence-electron chi connectivity index (χ0n) is 18.0. The molecule has 156 valence electrons. The van der Waals surface area contributed by atoms with Gasteiger partial charge in [0.05, 0.1) is 16.6 Å². The van der Waals surface area contributed by atoms with Crippen LogP contribution in [-0.2, 0) is 13.5 Å². The number of carbonyl (C=O) groups is 2. The summed E-state index contributed by atoms with van der Waals surface area (Å²) in [5.41, 5.74) is 4.86. The molecule has 1 aliphatic rings. The molecule has 0 unspecified atom stereocenters. The molecule has 1 fully saturated rings. The summed E-state index contributed by atoms with van der Waals surface area (Å²) >= 11 is 0. The minimum absolute atomic E-state index is 0.0231. The van der Waals surface area contributed by atoms with E-state index >= 15 is 0 Å². The second-order valence-electron chi connectivity index (χ2n) is 7.85. The van der Waals surface area contributed by atoms with Crippen molar-refractivity contribution in [1.29, 1.82) is 0 Å². The van der Waals surface area contributed by atoms with Crippen LogP contribution in [0.1, 0.15) is 44.6 Å². The standard InChI is InChI=1S/C23H27N5O2/c1-5-17-6-8-18(9-7-17)22(29)27-10-12-28(13-11-27)23(30)19-14-15(2)24-21-20(19)16(3)25-26(21)4/h6-9,14H,5,10-13H2,1-4H3. The van der Waals surface area contributed by atoms with Gasteiger partial charge in [0, 0.05) is 44.5 Å². The predicted molar refractivity (Wildman–Crippen MR) is 116 cm³/mol. The molecule has 30 heavy (non-hydrogen) atoms. The maximum Gasteiger partial charge on any atom is 0.254 e. The van der Waals surface area contributed by atoms with Gasteiger partial charge in [-0.25, -0.2) is 4.98 Å². The van der Waals surface area contributed by atoms with E-state index in [9.17, 15) is 9.59 Å². The van der Waals surface area contributed by atoms with Crippen molar-refractivity contribution in [3.8, 4) is 0 Å². The lowest BCUT2D eigenvalue weighted by atomic mass is 10.1. The van der Waals surface area contributed by atoms with Crippen LogP contribution in [0.2, 0.25) is 0 Å². The summed E-state index contributed by atoms with van der Waals surface area (Å²) < 4.78 is 1.72. The second-order valence-corrected chi connectivity index (χ2v) is 7.85. The van der Waals surface area contributed by atoms with E-state index in [4.69, 9.17) is 0 Å². The zero-order valence-corrected chi connectivity index (χ0v) is 18.0. The lowest BCUT2D eigenvalue weighted by Gasteiger charge is -2.35. The van der Waals surface area contributed by atoms with Crippen molar-refractivity contribution >= 4 is 22.8 Å². The number of aryl methyl sites for hydroxylation is 4. The van der Waals surface area contributed by atoms with Crippen molar-refractivity contribution in [3.05, 3.63) is 58.4 Å². The fraction of sp³-hybridized carbons (Fsp3) is 0.391. The third kappa shape index (κ3) is 3.56. The summed E-state index contributed by atoms with van der Waals surface area (Å²) in [5, 5.41) is 5.24. The van der Waals surface area contributed by atoms with Gasteiger partial charge in [0.25, 0.3) is 11.8 Å². The summed E-state index contributed by atoms with van der Waals surface area (Å²) in [6, 6.07) is 9.62. The van der Waals surface area contributed by atoms with E-state index in [2.05, 4.69) is 17.0 Å². The molecule has 0 N–H and O–H groups in total. The highest BCUT2D eigenvalue weighted by molar-refractivity contribution is 6.06. The molecule has 7 heteroatoms. The number of benzene rings is 1. The van der Waals surface area contributed by atoms with E-state index in [-0.39, 0.29) is 11.8 Å². The number of hydrogen-bond acceptors (Lipinski definition) is 4. The van der Waals surface area contributed by atoms with Crippen molar-refractivity contribution in [2.75, 3.05) is 26.2 Å². The maximum atomic E-state index is 13.3. The van der Waals surface area contributed by atoms with Crippen LogP contribution in [0.4, 0.5) is 0 Å². The molecule has 0 bridgehead atoms. The van der Waals surface area contributed by atoms with Gasteiger partial charge in [-0.2, -0.15) is 5.10 Å². The highest BCUT2D eigenvalue weighted by atomic mass is 16.2. The number of fused-ring (bicyclic) bond motifs is 1. The van der Waals surface area contributed by atoms with Crippen LogP contribution >= 0.6 is 0 Å². The van der Waals surface area contributed by atoms with Crippen molar-refractivity contribution < 1.29 is 9.59 Å². The Balaban J connectivity index is 1.50. The first-order valence-corrected chi connectivity index (χ1v) is 10.4. The molecule has 1 saturated heterocycles. The van der Waals surface area contributed by atoms with Crippen LogP contribution in [0.3, 0.4) is 0 Å². The molecule has 2 aromatic heterocycles. The van der Waals surface area contributed by atoms with E-state index in [1.807, 2.05) is 61.0 Å². The van der Waals surface area contributed by atoms with Gasteiger partial charge >= 0.3 is 0 Å². The monoisotopic (exact) mass is 405 g/mol. The Labute approximate surface area is 176 Å². The maximum absolute atomic E-state index is 13.3. The lowest BCUT2D eigenvalue weighted by Crippen LogP contribution is -2.50. The number of pyridine rings is 1. The normalized spacial score (nSPS) is 14.4. The number of hydrogen-bond donors (Lipinski definition) is 0. The Morgan fingerprint density at radius 3 is 2.17 bits per heavy atom. The number of aromatic nitrogens is 3. The predicted octanol–water partition coefficient (Wildman–Crippen LogP) is 2.75. The van der Waals surface area contributed by atoms with E-state index in [1.165, 1.54) is 5.56 Å². The number of piperazine rings is 1. The molecule has 0 saturated carbocycles. The molecule has 3 aromatic rings. The Bertz CT molecular complexity index is 1110. The largest absolute Gasteiger partial charge is 0.335 e.